The molecular weight excluding hydrogens is 507 g/mol. The van der Waals surface area contributed by atoms with Crippen LogP contribution >= 0.6 is 34.5 Å². The fraction of sp³-hybridized carbons (Fsp3) is 0.360. The number of benzene rings is 2. The Morgan fingerprint density at radius 1 is 1.17 bits per heavy atom. The predicted molar refractivity (Wildman–Crippen MR) is 145 cm³/mol. The molecule has 1 heterocycles. The van der Waals surface area contributed by atoms with Crippen LogP contribution in [0.2, 0.25) is 5.02 Å². The number of halogens is 2. The SMILES string of the molecule is CCC(N)=O.CCCl.O=CNCC(Cc1ccccc1)NC(=O)CCc1nc2ccc(Cl)cc2s1. The van der Waals surface area contributed by atoms with E-state index in [2.05, 4.69) is 21.4 Å². The quantitative estimate of drug-likeness (QED) is 0.260. The molecule has 3 amide bonds. The first kappa shape index (κ1) is 30.4. The number of amides is 3. The summed E-state index contributed by atoms with van der Waals surface area (Å²) >= 11 is 12.6. The third-order valence-electron chi connectivity index (χ3n) is 4.45. The van der Waals surface area contributed by atoms with E-state index in [0.29, 0.717) is 43.7 Å². The standard InChI is InChI=1S/C20H20ClN3O2S.C3H7NO.C2H5Cl/c21-15-6-7-17-18(11-15)27-20(24-17)9-8-19(26)23-16(12-22-13-25)10-14-4-2-1-3-5-14;1-2-3(4)5;1-2-3/h1-7,11,13,16H,8-10,12H2,(H,22,25)(H,23,26);2H2,1H3,(H2,4,5);2H2,1H3. The Morgan fingerprint density at radius 2 is 1.83 bits per heavy atom. The number of hydrogen-bond donors (Lipinski definition) is 3. The number of alkyl halides is 1. The molecule has 0 fully saturated rings. The van der Waals surface area contributed by atoms with Gasteiger partial charge in [-0.3, -0.25) is 14.4 Å². The molecule has 3 rings (SSSR count). The zero-order valence-electron chi connectivity index (χ0n) is 19.9. The predicted octanol–water partition coefficient (Wildman–Crippen LogP) is 4.48. The van der Waals surface area contributed by atoms with E-state index in [0.717, 1.165) is 26.7 Å². The Bertz CT molecular complexity index is 1050. The summed E-state index contributed by atoms with van der Waals surface area (Å²) in [6.45, 7) is 4.01. The minimum Gasteiger partial charge on any atom is -0.370 e. The first-order valence-corrected chi connectivity index (χ1v) is 12.9. The van der Waals surface area contributed by atoms with Gasteiger partial charge < -0.3 is 16.4 Å². The second-order valence-electron chi connectivity index (χ2n) is 7.29. The molecule has 0 saturated heterocycles. The number of nitrogens with two attached hydrogens (primary N) is 1. The summed E-state index contributed by atoms with van der Waals surface area (Å²) in [5.41, 5.74) is 6.66. The maximum atomic E-state index is 12.4. The number of nitrogens with one attached hydrogen (secondary N) is 2. The van der Waals surface area contributed by atoms with Gasteiger partial charge in [-0.05, 0) is 30.2 Å². The van der Waals surface area contributed by atoms with E-state index < -0.39 is 0 Å². The van der Waals surface area contributed by atoms with Gasteiger partial charge in [-0.15, -0.1) is 22.9 Å². The third kappa shape index (κ3) is 13.1. The Hall–Kier alpha value is -2.68. The molecule has 0 spiro atoms. The first-order chi connectivity index (χ1) is 16.8. The molecule has 1 unspecified atom stereocenters. The highest BCUT2D eigenvalue weighted by molar-refractivity contribution is 7.18. The number of thiazole rings is 1. The monoisotopic (exact) mass is 538 g/mol. The van der Waals surface area contributed by atoms with Crippen molar-refractivity contribution >= 4 is 63.0 Å². The topological polar surface area (TPSA) is 114 Å². The highest BCUT2D eigenvalue weighted by Crippen LogP contribution is 2.25. The number of primary amides is 1. The highest BCUT2D eigenvalue weighted by atomic mass is 35.5. The molecule has 0 radical (unpaired) electrons. The van der Waals surface area contributed by atoms with Crippen LogP contribution in [0.3, 0.4) is 0 Å². The van der Waals surface area contributed by atoms with Gasteiger partial charge in [-0.25, -0.2) is 4.98 Å². The fourth-order valence-corrected chi connectivity index (χ4v) is 4.08. The summed E-state index contributed by atoms with van der Waals surface area (Å²) in [6, 6.07) is 15.3. The van der Waals surface area contributed by atoms with Crippen LogP contribution in [0.25, 0.3) is 10.2 Å². The van der Waals surface area contributed by atoms with Gasteiger partial charge in [0.05, 0.1) is 21.3 Å². The van der Waals surface area contributed by atoms with Gasteiger partial charge in [0.15, 0.2) is 0 Å². The van der Waals surface area contributed by atoms with Crippen molar-refractivity contribution in [2.45, 2.75) is 45.6 Å². The highest BCUT2D eigenvalue weighted by Gasteiger charge is 2.14. The van der Waals surface area contributed by atoms with Crippen molar-refractivity contribution in [3.63, 3.8) is 0 Å². The average Bonchev–Trinajstić information content (AvgIpc) is 3.25. The van der Waals surface area contributed by atoms with Gasteiger partial charge >= 0.3 is 0 Å². The molecule has 0 saturated carbocycles. The van der Waals surface area contributed by atoms with E-state index in [1.165, 1.54) is 0 Å². The molecule has 0 aliphatic heterocycles. The van der Waals surface area contributed by atoms with Crippen LogP contribution in [0.4, 0.5) is 0 Å². The molecule has 4 N–H and O–H groups in total. The molecule has 0 aliphatic carbocycles. The lowest BCUT2D eigenvalue weighted by molar-refractivity contribution is -0.122. The van der Waals surface area contributed by atoms with E-state index in [1.807, 2.05) is 55.5 Å². The number of nitrogens with zero attached hydrogens (tertiary/aromatic N) is 1. The number of fused-ring (bicyclic) bond motifs is 1. The summed E-state index contributed by atoms with van der Waals surface area (Å²) in [5.74, 6) is 0.422. The molecule has 3 aromatic rings. The average molecular weight is 540 g/mol. The minimum atomic E-state index is -0.245. The van der Waals surface area contributed by atoms with Crippen LogP contribution in [-0.4, -0.2) is 41.7 Å². The van der Waals surface area contributed by atoms with Crippen LogP contribution in [0.5, 0.6) is 0 Å². The Morgan fingerprint density at radius 3 is 2.43 bits per heavy atom. The van der Waals surface area contributed by atoms with Gasteiger partial charge in [0.2, 0.25) is 18.2 Å². The minimum absolute atomic E-state index is 0.0547. The molecule has 35 heavy (non-hydrogen) atoms. The number of carbonyl (C=O) groups excluding carboxylic acids is 3. The van der Waals surface area contributed by atoms with E-state index >= 15 is 0 Å². The van der Waals surface area contributed by atoms with E-state index in [4.69, 9.17) is 23.2 Å². The summed E-state index contributed by atoms with van der Waals surface area (Å²) in [4.78, 5) is 37.1. The van der Waals surface area contributed by atoms with Crippen LogP contribution in [0.15, 0.2) is 48.5 Å². The van der Waals surface area contributed by atoms with Crippen molar-refractivity contribution in [3.05, 3.63) is 64.1 Å². The second kappa shape index (κ2) is 17.7. The molecule has 1 aromatic heterocycles. The smallest absolute Gasteiger partial charge is 0.220 e. The lowest BCUT2D eigenvalue weighted by Gasteiger charge is -2.18. The largest absolute Gasteiger partial charge is 0.370 e. The van der Waals surface area contributed by atoms with Crippen LogP contribution in [0.1, 0.15) is 37.3 Å². The van der Waals surface area contributed by atoms with Gasteiger partial charge in [0, 0.05) is 36.7 Å². The van der Waals surface area contributed by atoms with Crippen LogP contribution in [-0.2, 0) is 27.2 Å². The number of rotatable bonds is 10. The lowest BCUT2D eigenvalue weighted by atomic mass is 10.1. The van der Waals surface area contributed by atoms with Crippen LogP contribution in [0, 0.1) is 0 Å². The van der Waals surface area contributed by atoms with Crippen molar-refractivity contribution in [1.82, 2.24) is 15.6 Å². The van der Waals surface area contributed by atoms with Gasteiger partial charge in [-0.1, -0.05) is 55.8 Å². The molecule has 1 atom stereocenters. The molecule has 190 valence electrons. The van der Waals surface area contributed by atoms with Crippen molar-refractivity contribution in [1.29, 1.82) is 0 Å². The first-order valence-electron chi connectivity index (χ1n) is 11.2. The molecular formula is C25H32Cl2N4O3S. The maximum Gasteiger partial charge on any atom is 0.220 e. The van der Waals surface area contributed by atoms with Gasteiger partial charge in [0.1, 0.15) is 0 Å². The second-order valence-corrected chi connectivity index (χ2v) is 9.37. The number of carbonyl (C=O) groups is 3. The number of hydrogen-bond acceptors (Lipinski definition) is 5. The van der Waals surface area contributed by atoms with Gasteiger partial charge in [0.25, 0.3) is 0 Å². The summed E-state index contributed by atoms with van der Waals surface area (Å²) < 4.78 is 1.02. The Balaban J connectivity index is 0.000000669. The normalized spacial score (nSPS) is 10.7. The summed E-state index contributed by atoms with van der Waals surface area (Å²) in [6.07, 6.45) is 2.67. The van der Waals surface area contributed by atoms with Crippen molar-refractivity contribution in [2.75, 3.05) is 12.4 Å². The van der Waals surface area contributed by atoms with E-state index in [9.17, 15) is 14.4 Å². The van der Waals surface area contributed by atoms with Crippen LogP contribution < -0.4 is 16.4 Å². The zero-order chi connectivity index (χ0) is 26.1. The molecule has 7 nitrogen and oxygen atoms in total. The summed E-state index contributed by atoms with van der Waals surface area (Å²) in [7, 11) is 0. The Labute approximate surface area is 220 Å². The molecule has 10 heteroatoms. The van der Waals surface area contributed by atoms with Crippen molar-refractivity contribution in [3.8, 4) is 0 Å². The number of aromatic nitrogens is 1. The van der Waals surface area contributed by atoms with E-state index in [-0.39, 0.29) is 17.9 Å². The molecule has 2 aromatic carbocycles. The maximum absolute atomic E-state index is 12.4. The molecule has 0 aliphatic rings. The van der Waals surface area contributed by atoms with Crippen molar-refractivity contribution < 1.29 is 14.4 Å². The Kier molecular flexibility index (Phi) is 15.4. The lowest BCUT2D eigenvalue weighted by Crippen LogP contribution is -2.43. The van der Waals surface area contributed by atoms with E-state index in [1.54, 1.807) is 18.3 Å². The number of aryl methyl sites for hydroxylation is 1. The zero-order valence-corrected chi connectivity index (χ0v) is 22.3. The van der Waals surface area contributed by atoms with Crippen molar-refractivity contribution in [2.24, 2.45) is 5.73 Å². The third-order valence-corrected chi connectivity index (χ3v) is 5.76. The summed E-state index contributed by atoms with van der Waals surface area (Å²) in [5, 5.41) is 7.25. The fourth-order valence-electron chi connectivity index (χ4n) is 2.84. The van der Waals surface area contributed by atoms with Gasteiger partial charge in [-0.2, -0.15) is 0 Å². The molecule has 0 bridgehead atoms.